The lowest BCUT2D eigenvalue weighted by Gasteiger charge is -2.26. The van der Waals surface area contributed by atoms with Crippen molar-refractivity contribution in [3.63, 3.8) is 0 Å². The Hall–Kier alpha value is -4.90. The predicted molar refractivity (Wildman–Crippen MR) is 151 cm³/mol. The highest BCUT2D eigenvalue weighted by molar-refractivity contribution is 7.07. The maximum absolute atomic E-state index is 13.9. The van der Waals surface area contributed by atoms with Gasteiger partial charge < -0.3 is 23.7 Å². The number of carbonyl (C=O) groups is 2. The summed E-state index contributed by atoms with van der Waals surface area (Å²) in [6, 6.07) is 14.1. The first-order valence-corrected chi connectivity index (χ1v) is 13.4. The molecule has 0 radical (unpaired) electrons. The maximum atomic E-state index is 13.9. The Bertz CT molecular complexity index is 1860. The van der Waals surface area contributed by atoms with E-state index >= 15 is 0 Å². The fraction of sp³-hybridized carbons (Fsp3) is 0.200. The van der Waals surface area contributed by atoms with Crippen LogP contribution < -0.4 is 24.4 Å². The van der Waals surface area contributed by atoms with Crippen LogP contribution in [0.25, 0.3) is 17.4 Å². The number of aromatic nitrogens is 1. The molecule has 0 amide bonds. The van der Waals surface area contributed by atoms with Crippen LogP contribution in [0.1, 0.15) is 41.6 Å². The van der Waals surface area contributed by atoms with Gasteiger partial charge in [-0.2, -0.15) is 0 Å². The highest BCUT2D eigenvalue weighted by Crippen LogP contribution is 2.37. The highest BCUT2D eigenvalue weighted by Gasteiger charge is 2.35. The summed E-state index contributed by atoms with van der Waals surface area (Å²) in [6.07, 6.45) is 1.62. The smallest absolute Gasteiger partial charge is 0.338 e. The molecule has 0 bridgehead atoms. The second kappa shape index (κ2) is 11.3. The molecule has 0 saturated heterocycles. The van der Waals surface area contributed by atoms with E-state index in [1.807, 2.05) is 0 Å². The van der Waals surface area contributed by atoms with E-state index in [1.54, 1.807) is 62.4 Å². The third kappa shape index (κ3) is 5.19. The average molecular weight is 575 g/mol. The summed E-state index contributed by atoms with van der Waals surface area (Å²) in [5.41, 5.74) is 1.74. The van der Waals surface area contributed by atoms with Crippen LogP contribution in [0, 0.1) is 0 Å². The number of hydrogen-bond donors (Lipinski definition) is 1. The van der Waals surface area contributed by atoms with Crippen LogP contribution in [0.3, 0.4) is 0 Å². The third-order valence-electron chi connectivity index (χ3n) is 6.57. The molecule has 1 N–H and O–H groups in total. The van der Waals surface area contributed by atoms with Crippen molar-refractivity contribution in [3.05, 3.63) is 102 Å². The third-order valence-corrected chi connectivity index (χ3v) is 7.55. The molecular formula is C30H26N2O8S. The van der Waals surface area contributed by atoms with Gasteiger partial charge in [0.15, 0.2) is 4.80 Å². The van der Waals surface area contributed by atoms with Gasteiger partial charge in [0.2, 0.25) is 0 Å². The number of rotatable bonds is 8. The standard InChI is InChI=1S/C30H26N2O8S/c1-5-39-29(36)25-16(2)31-30-32(26(25)21-12-10-19(37-3)14-23(21)38-4)27(33)24(41-30)15-20-11-13-22(40-20)17-6-8-18(9-7-17)28(34)35/h6-15,26H,5H2,1-4H3,(H,34,35)/b24-15-. The van der Waals surface area contributed by atoms with Gasteiger partial charge >= 0.3 is 11.9 Å². The normalized spacial score (nSPS) is 14.8. The van der Waals surface area contributed by atoms with Gasteiger partial charge in [-0.25, -0.2) is 14.6 Å². The van der Waals surface area contributed by atoms with Gasteiger partial charge in [-0.1, -0.05) is 23.5 Å². The van der Waals surface area contributed by atoms with Crippen LogP contribution in [-0.2, 0) is 9.53 Å². The summed E-state index contributed by atoms with van der Waals surface area (Å²) in [5, 5.41) is 9.14. The Balaban J connectivity index is 1.63. The van der Waals surface area contributed by atoms with Gasteiger partial charge in [-0.15, -0.1) is 0 Å². The number of methoxy groups -OCH3 is 2. The van der Waals surface area contributed by atoms with Gasteiger partial charge in [-0.3, -0.25) is 9.36 Å². The number of thiazole rings is 1. The van der Waals surface area contributed by atoms with E-state index in [0.717, 1.165) is 0 Å². The van der Waals surface area contributed by atoms with E-state index in [1.165, 1.54) is 42.3 Å². The summed E-state index contributed by atoms with van der Waals surface area (Å²) in [7, 11) is 3.04. The fourth-order valence-electron chi connectivity index (χ4n) is 4.62. The van der Waals surface area contributed by atoms with Crippen molar-refractivity contribution in [3.8, 4) is 22.8 Å². The summed E-state index contributed by atoms with van der Waals surface area (Å²) in [4.78, 5) is 43.2. The number of carboxylic acids is 1. The molecule has 3 heterocycles. The number of hydrogen-bond acceptors (Lipinski definition) is 9. The molecule has 10 nitrogen and oxygen atoms in total. The zero-order valence-electron chi connectivity index (χ0n) is 22.7. The highest BCUT2D eigenvalue weighted by atomic mass is 32.1. The van der Waals surface area contributed by atoms with Crippen LogP contribution in [0.5, 0.6) is 11.5 Å². The topological polar surface area (TPSA) is 130 Å². The quantitative estimate of drug-likeness (QED) is 0.315. The molecular weight excluding hydrogens is 548 g/mol. The molecule has 0 aliphatic carbocycles. The van der Waals surface area contributed by atoms with Crippen LogP contribution in [0.15, 0.2) is 80.1 Å². The molecule has 2 aromatic heterocycles. The summed E-state index contributed by atoms with van der Waals surface area (Å²) < 4.78 is 24.1. The summed E-state index contributed by atoms with van der Waals surface area (Å²) >= 11 is 1.17. The number of carboxylic acid groups (broad SMARTS) is 1. The molecule has 210 valence electrons. The lowest BCUT2D eigenvalue weighted by molar-refractivity contribution is -0.139. The molecule has 41 heavy (non-hydrogen) atoms. The van der Waals surface area contributed by atoms with Crippen molar-refractivity contribution in [1.82, 2.24) is 4.57 Å². The second-order valence-electron chi connectivity index (χ2n) is 8.99. The number of carbonyl (C=O) groups excluding carboxylic acids is 1. The summed E-state index contributed by atoms with van der Waals surface area (Å²) in [6.45, 7) is 3.58. The van der Waals surface area contributed by atoms with Crippen LogP contribution in [0.2, 0.25) is 0 Å². The van der Waals surface area contributed by atoms with Crippen LogP contribution in [0.4, 0.5) is 0 Å². The van der Waals surface area contributed by atoms with Gasteiger partial charge in [0.1, 0.15) is 29.1 Å². The minimum Gasteiger partial charge on any atom is -0.497 e. The van der Waals surface area contributed by atoms with Gasteiger partial charge in [0, 0.05) is 23.3 Å². The summed E-state index contributed by atoms with van der Waals surface area (Å²) in [5.74, 6) is 0.344. The number of aromatic carboxylic acids is 1. The molecule has 0 spiro atoms. The first-order valence-electron chi connectivity index (χ1n) is 12.6. The lowest BCUT2D eigenvalue weighted by atomic mass is 9.95. The fourth-order valence-corrected chi connectivity index (χ4v) is 5.65. The molecule has 1 atom stereocenters. The minimum absolute atomic E-state index is 0.159. The number of esters is 1. The van der Waals surface area contributed by atoms with E-state index in [0.29, 0.717) is 49.2 Å². The van der Waals surface area contributed by atoms with Crippen molar-refractivity contribution in [1.29, 1.82) is 0 Å². The number of fused-ring (bicyclic) bond motifs is 1. The van der Waals surface area contributed by atoms with Crippen molar-refractivity contribution in [2.75, 3.05) is 20.8 Å². The molecule has 2 aromatic carbocycles. The van der Waals surface area contributed by atoms with Gasteiger partial charge in [0.25, 0.3) is 5.56 Å². The molecule has 4 aromatic rings. The second-order valence-corrected chi connectivity index (χ2v) is 10.0. The zero-order valence-corrected chi connectivity index (χ0v) is 23.5. The largest absolute Gasteiger partial charge is 0.497 e. The zero-order chi connectivity index (χ0) is 29.3. The Kier molecular flexibility index (Phi) is 7.62. The number of nitrogens with zero attached hydrogens (tertiary/aromatic N) is 2. The van der Waals surface area contributed by atoms with Crippen molar-refractivity contribution < 1.29 is 33.3 Å². The van der Waals surface area contributed by atoms with Crippen LogP contribution >= 0.6 is 11.3 Å². The molecule has 0 saturated carbocycles. The molecule has 5 rings (SSSR count). The first-order chi connectivity index (χ1) is 19.7. The molecule has 0 fully saturated rings. The predicted octanol–water partition coefficient (Wildman–Crippen LogP) is 3.77. The number of ether oxygens (including phenoxy) is 3. The Morgan fingerprint density at radius 2 is 1.85 bits per heavy atom. The number of furan rings is 1. The van der Waals surface area contributed by atoms with Crippen LogP contribution in [-0.4, -0.2) is 42.4 Å². The Morgan fingerprint density at radius 3 is 2.51 bits per heavy atom. The lowest BCUT2D eigenvalue weighted by Crippen LogP contribution is -2.40. The Labute approximate surface area is 238 Å². The molecule has 1 aliphatic heterocycles. The molecule has 1 aliphatic rings. The minimum atomic E-state index is -1.01. The Morgan fingerprint density at radius 1 is 1.10 bits per heavy atom. The first kappa shape index (κ1) is 27.7. The molecule has 11 heteroatoms. The van der Waals surface area contributed by atoms with Gasteiger partial charge in [-0.05, 0) is 50.2 Å². The van der Waals surface area contributed by atoms with E-state index in [2.05, 4.69) is 4.99 Å². The van der Waals surface area contributed by atoms with Crippen molar-refractivity contribution >= 4 is 29.4 Å². The van der Waals surface area contributed by atoms with E-state index in [4.69, 9.17) is 23.7 Å². The number of benzene rings is 2. The SMILES string of the molecule is CCOC(=O)C1=C(C)N=c2s/c(=C\c3ccc(-c4ccc(C(=O)O)cc4)o3)c(=O)n2C1c1ccc(OC)cc1OC. The number of allylic oxidation sites excluding steroid dienone is 1. The van der Waals surface area contributed by atoms with E-state index < -0.39 is 18.0 Å². The molecule has 1 unspecified atom stereocenters. The maximum Gasteiger partial charge on any atom is 0.338 e. The van der Waals surface area contributed by atoms with E-state index in [9.17, 15) is 14.4 Å². The monoisotopic (exact) mass is 574 g/mol. The van der Waals surface area contributed by atoms with Crippen molar-refractivity contribution in [2.24, 2.45) is 4.99 Å². The van der Waals surface area contributed by atoms with Crippen molar-refractivity contribution in [2.45, 2.75) is 19.9 Å². The van der Waals surface area contributed by atoms with E-state index in [-0.39, 0.29) is 23.3 Å². The average Bonchev–Trinajstić information content (AvgIpc) is 3.56. The van der Waals surface area contributed by atoms with Gasteiger partial charge in [0.05, 0.1) is 42.2 Å².